The number of unbranched alkanes of at least 4 members (excludes halogenated alkanes) is 4. The molecule has 0 spiro atoms. The smallest absolute Gasteiger partial charge is 0.313 e. The summed E-state index contributed by atoms with van der Waals surface area (Å²) >= 11 is 1.73. The second-order valence-corrected chi connectivity index (χ2v) is 8.53. The zero-order chi connectivity index (χ0) is 21.7. The fraction of sp³-hybridized carbons (Fsp3) is 0.259. The molecule has 0 unspecified atom stereocenters. The molecule has 0 aliphatic rings. The number of oxime groups is 1. The Bertz CT molecular complexity index is 954. The zero-order valence-electron chi connectivity index (χ0n) is 18.0. The number of nitrogens with zero attached hydrogens (tertiary/aromatic N) is 1. The van der Waals surface area contributed by atoms with Gasteiger partial charge in [0.15, 0.2) is 0 Å². The molecule has 4 heteroatoms. The van der Waals surface area contributed by atoms with E-state index in [1.54, 1.807) is 23.9 Å². The second-order valence-electron chi connectivity index (χ2n) is 7.39. The van der Waals surface area contributed by atoms with Gasteiger partial charge in [-0.3, -0.25) is 0 Å². The van der Waals surface area contributed by atoms with Crippen LogP contribution in [0.15, 0.2) is 99.9 Å². The van der Waals surface area contributed by atoms with Crippen LogP contribution in [0.1, 0.15) is 61.4 Å². The van der Waals surface area contributed by atoms with Gasteiger partial charge in [-0.25, -0.2) is 4.79 Å². The zero-order valence-corrected chi connectivity index (χ0v) is 18.8. The minimum Gasteiger partial charge on any atom is -0.313 e. The molecule has 31 heavy (non-hydrogen) atoms. The van der Waals surface area contributed by atoms with Gasteiger partial charge in [0, 0.05) is 9.79 Å². The average molecular weight is 432 g/mol. The van der Waals surface area contributed by atoms with Gasteiger partial charge in [0.05, 0.1) is 11.3 Å². The van der Waals surface area contributed by atoms with Gasteiger partial charge in [0.1, 0.15) is 0 Å². The molecule has 3 rings (SSSR count). The van der Waals surface area contributed by atoms with Crippen LogP contribution in [0.3, 0.4) is 0 Å². The predicted octanol–water partition coefficient (Wildman–Crippen LogP) is 7.76. The lowest BCUT2D eigenvalue weighted by Gasteiger charge is -2.08. The molecular formula is C27H29NO2S. The molecule has 0 atom stereocenters. The highest BCUT2D eigenvalue weighted by atomic mass is 32.2. The average Bonchev–Trinajstić information content (AvgIpc) is 2.82. The first-order valence-corrected chi connectivity index (χ1v) is 11.7. The van der Waals surface area contributed by atoms with Crippen molar-refractivity contribution in [2.24, 2.45) is 5.16 Å². The summed E-state index contributed by atoms with van der Waals surface area (Å²) in [6.45, 7) is 2.21. The summed E-state index contributed by atoms with van der Waals surface area (Å²) in [6, 6.07) is 27.6. The van der Waals surface area contributed by atoms with Gasteiger partial charge in [-0.05, 0) is 54.8 Å². The summed E-state index contributed by atoms with van der Waals surface area (Å²) in [5.74, 6) is -0.430. The van der Waals surface area contributed by atoms with Crippen molar-refractivity contribution >= 4 is 23.4 Å². The first-order valence-electron chi connectivity index (χ1n) is 10.9. The molecule has 3 nitrogen and oxygen atoms in total. The Labute approximate surface area is 189 Å². The quantitative estimate of drug-likeness (QED) is 0.135. The van der Waals surface area contributed by atoms with Gasteiger partial charge in [0.25, 0.3) is 0 Å². The van der Waals surface area contributed by atoms with Crippen LogP contribution in [-0.2, 0) is 4.84 Å². The van der Waals surface area contributed by atoms with Crippen LogP contribution >= 0.6 is 11.8 Å². The maximum absolute atomic E-state index is 12.3. The minimum atomic E-state index is -0.430. The highest BCUT2D eigenvalue weighted by Gasteiger charge is 2.10. The Morgan fingerprint density at radius 2 is 1.35 bits per heavy atom. The number of carbonyl (C=O) groups is 1. The molecule has 0 radical (unpaired) electrons. The van der Waals surface area contributed by atoms with Crippen LogP contribution in [0.5, 0.6) is 0 Å². The molecule has 0 aliphatic heterocycles. The Kier molecular flexibility index (Phi) is 9.39. The Morgan fingerprint density at radius 3 is 2.03 bits per heavy atom. The lowest BCUT2D eigenvalue weighted by molar-refractivity contribution is 0.0515. The third-order valence-electron chi connectivity index (χ3n) is 4.93. The summed E-state index contributed by atoms with van der Waals surface area (Å²) in [4.78, 5) is 20.0. The molecule has 160 valence electrons. The van der Waals surface area contributed by atoms with Crippen LogP contribution in [0.25, 0.3) is 0 Å². The molecule has 0 aromatic heterocycles. The summed E-state index contributed by atoms with van der Waals surface area (Å²) < 4.78 is 0. The van der Waals surface area contributed by atoms with E-state index in [2.05, 4.69) is 48.5 Å². The molecule has 0 heterocycles. The third kappa shape index (κ3) is 7.72. The van der Waals surface area contributed by atoms with Gasteiger partial charge in [-0.1, -0.05) is 98.1 Å². The summed E-state index contributed by atoms with van der Waals surface area (Å²) in [7, 11) is 0. The van der Waals surface area contributed by atoms with Crippen molar-refractivity contribution in [1.29, 1.82) is 0 Å². The van der Waals surface area contributed by atoms with E-state index >= 15 is 0 Å². The van der Waals surface area contributed by atoms with E-state index in [9.17, 15) is 4.79 Å². The van der Waals surface area contributed by atoms with Crippen molar-refractivity contribution in [2.75, 3.05) is 0 Å². The fourth-order valence-corrected chi connectivity index (χ4v) is 4.04. The van der Waals surface area contributed by atoms with Crippen molar-refractivity contribution in [2.45, 2.75) is 55.2 Å². The molecule has 3 aromatic rings. The van der Waals surface area contributed by atoms with Crippen molar-refractivity contribution in [1.82, 2.24) is 0 Å². The molecule has 3 aromatic carbocycles. The fourth-order valence-electron chi connectivity index (χ4n) is 3.20. The van der Waals surface area contributed by atoms with Crippen LogP contribution in [-0.4, -0.2) is 11.7 Å². The van der Waals surface area contributed by atoms with Crippen LogP contribution in [0.4, 0.5) is 0 Å². The molecule has 0 saturated heterocycles. The van der Waals surface area contributed by atoms with Crippen molar-refractivity contribution in [3.8, 4) is 0 Å². The third-order valence-corrected chi connectivity index (χ3v) is 5.95. The number of hydrogen-bond acceptors (Lipinski definition) is 4. The minimum absolute atomic E-state index is 0.430. The van der Waals surface area contributed by atoms with E-state index in [1.807, 2.05) is 36.4 Å². The highest BCUT2D eigenvalue weighted by Crippen LogP contribution is 2.27. The molecule has 0 N–H and O–H groups in total. The van der Waals surface area contributed by atoms with E-state index in [0.717, 1.165) is 30.5 Å². The Morgan fingerprint density at radius 1 is 0.742 bits per heavy atom. The predicted molar refractivity (Wildman–Crippen MR) is 129 cm³/mol. The summed E-state index contributed by atoms with van der Waals surface area (Å²) in [5, 5.41) is 4.26. The van der Waals surface area contributed by atoms with Gasteiger partial charge in [0.2, 0.25) is 0 Å². The SMILES string of the molecule is CCCCCCCC(=NOC(=O)c1ccccc1)c1ccc(Sc2ccccc2)cc1. The maximum Gasteiger partial charge on any atom is 0.365 e. The molecular weight excluding hydrogens is 402 g/mol. The highest BCUT2D eigenvalue weighted by molar-refractivity contribution is 7.99. The summed E-state index contributed by atoms with van der Waals surface area (Å²) in [6.07, 6.45) is 6.66. The molecule has 0 bridgehead atoms. The van der Waals surface area contributed by atoms with Gasteiger partial charge in [-0.2, -0.15) is 0 Å². The van der Waals surface area contributed by atoms with Gasteiger partial charge >= 0.3 is 5.97 Å². The number of benzene rings is 3. The number of rotatable bonds is 11. The van der Waals surface area contributed by atoms with E-state index in [4.69, 9.17) is 4.84 Å². The van der Waals surface area contributed by atoms with Crippen molar-refractivity contribution in [3.05, 3.63) is 96.1 Å². The Hall–Kier alpha value is -2.85. The van der Waals surface area contributed by atoms with Crippen molar-refractivity contribution < 1.29 is 9.63 Å². The number of hydrogen-bond donors (Lipinski definition) is 0. The molecule has 0 aliphatic carbocycles. The lowest BCUT2D eigenvalue weighted by atomic mass is 10.0. The molecule has 0 saturated carbocycles. The van der Waals surface area contributed by atoms with E-state index in [-0.39, 0.29) is 0 Å². The number of carbonyl (C=O) groups excluding carboxylic acids is 1. The van der Waals surface area contributed by atoms with Crippen LogP contribution in [0.2, 0.25) is 0 Å². The van der Waals surface area contributed by atoms with Crippen LogP contribution in [0, 0.1) is 0 Å². The largest absolute Gasteiger partial charge is 0.365 e. The first-order chi connectivity index (χ1) is 15.3. The Balaban J connectivity index is 1.69. The monoisotopic (exact) mass is 431 g/mol. The standard InChI is InChI=1S/C27H29NO2S/c1-2-3-4-5-12-17-26(28-30-27(29)23-13-8-6-9-14-23)22-18-20-25(21-19-22)31-24-15-10-7-11-16-24/h6-11,13-16,18-21H,2-5,12,17H2,1H3. The normalized spacial score (nSPS) is 11.3. The first kappa shape index (κ1) is 22.8. The second kappa shape index (κ2) is 12.8. The maximum atomic E-state index is 12.3. The van der Waals surface area contributed by atoms with Crippen molar-refractivity contribution in [3.63, 3.8) is 0 Å². The van der Waals surface area contributed by atoms with E-state index in [1.165, 1.54) is 29.1 Å². The molecule has 0 fully saturated rings. The summed E-state index contributed by atoms with van der Waals surface area (Å²) in [5.41, 5.74) is 2.31. The van der Waals surface area contributed by atoms with E-state index < -0.39 is 5.97 Å². The van der Waals surface area contributed by atoms with Crippen LogP contribution < -0.4 is 0 Å². The molecule has 0 amide bonds. The van der Waals surface area contributed by atoms with Gasteiger partial charge in [-0.15, -0.1) is 0 Å². The lowest BCUT2D eigenvalue weighted by Crippen LogP contribution is -2.06. The van der Waals surface area contributed by atoms with Gasteiger partial charge < -0.3 is 4.84 Å². The topological polar surface area (TPSA) is 38.7 Å². The van der Waals surface area contributed by atoms with E-state index in [0.29, 0.717) is 5.56 Å².